The van der Waals surface area contributed by atoms with Crippen molar-refractivity contribution >= 4 is 12.4 Å². The topological polar surface area (TPSA) is 12.0 Å². The van der Waals surface area contributed by atoms with Gasteiger partial charge in [-0.15, -0.1) is 12.4 Å². The smallest absolute Gasteiger partial charge is 0.0211 e. The molecule has 1 heterocycles. The average molecular weight is 176 g/mol. The van der Waals surface area contributed by atoms with Gasteiger partial charge in [-0.1, -0.05) is 24.3 Å². The van der Waals surface area contributed by atoms with Gasteiger partial charge in [-0.3, -0.25) is 4.70 Å². The molecule has 11 heavy (non-hydrogen) atoms. The fourth-order valence-corrected chi connectivity index (χ4v) is 1.23. The molecular weight excluding hydrogens is 165 g/mol. The lowest BCUT2D eigenvalue weighted by molar-refractivity contribution is 0.765. The molecular formula is C8H11ClFN. The summed E-state index contributed by atoms with van der Waals surface area (Å²) in [5, 5.41) is 3.29. The number of hydrogen-bond acceptors (Lipinski definition) is 1. The maximum Gasteiger partial charge on any atom is 0.0211 e. The van der Waals surface area contributed by atoms with Crippen LogP contribution >= 0.6 is 12.4 Å². The van der Waals surface area contributed by atoms with Crippen LogP contribution in [0.4, 0.5) is 4.70 Å². The van der Waals surface area contributed by atoms with Gasteiger partial charge in [-0.25, -0.2) is 0 Å². The Kier molecular flexibility index (Phi) is 4.08. The summed E-state index contributed by atoms with van der Waals surface area (Å²) in [7, 11) is 0. The molecule has 0 atom stereocenters. The van der Waals surface area contributed by atoms with Gasteiger partial charge in [-0.05, 0) is 11.1 Å². The van der Waals surface area contributed by atoms with E-state index in [9.17, 15) is 0 Å². The molecule has 0 radical (unpaired) electrons. The van der Waals surface area contributed by atoms with Gasteiger partial charge in [0.25, 0.3) is 0 Å². The Hall–Kier alpha value is -0.600. The molecule has 0 spiro atoms. The molecule has 0 amide bonds. The second-order valence-corrected chi connectivity index (χ2v) is 2.37. The average Bonchev–Trinajstić information content (AvgIpc) is 2.33. The minimum atomic E-state index is 0. The molecule has 1 nitrogen and oxygen atoms in total. The highest BCUT2D eigenvalue weighted by atomic mass is 35.5. The summed E-state index contributed by atoms with van der Waals surface area (Å²) >= 11 is 0. The van der Waals surface area contributed by atoms with Crippen LogP contribution in [0, 0.1) is 0 Å². The zero-order valence-electron chi connectivity index (χ0n) is 6.04. The molecule has 0 saturated carbocycles. The van der Waals surface area contributed by atoms with Gasteiger partial charge in [0.1, 0.15) is 0 Å². The van der Waals surface area contributed by atoms with Crippen LogP contribution in [0.25, 0.3) is 0 Å². The number of halogens is 2. The van der Waals surface area contributed by atoms with Crippen LogP contribution in [-0.4, -0.2) is 0 Å². The van der Waals surface area contributed by atoms with E-state index in [1.807, 2.05) is 0 Å². The van der Waals surface area contributed by atoms with E-state index in [4.69, 9.17) is 0 Å². The molecule has 0 saturated heterocycles. The van der Waals surface area contributed by atoms with Crippen LogP contribution in [0.5, 0.6) is 0 Å². The Morgan fingerprint density at radius 2 is 1.45 bits per heavy atom. The van der Waals surface area contributed by atoms with Crippen LogP contribution in [0.15, 0.2) is 24.3 Å². The summed E-state index contributed by atoms with van der Waals surface area (Å²) in [4.78, 5) is 0. The third-order valence-electron chi connectivity index (χ3n) is 1.75. The lowest BCUT2D eigenvalue weighted by Gasteiger charge is -1.91. The second kappa shape index (κ2) is 4.31. The van der Waals surface area contributed by atoms with Crippen molar-refractivity contribution in [3.63, 3.8) is 0 Å². The molecule has 1 aliphatic rings. The van der Waals surface area contributed by atoms with E-state index in [2.05, 4.69) is 29.6 Å². The Morgan fingerprint density at radius 3 is 1.91 bits per heavy atom. The van der Waals surface area contributed by atoms with Gasteiger partial charge in [0.05, 0.1) is 0 Å². The van der Waals surface area contributed by atoms with E-state index in [0.29, 0.717) is 0 Å². The van der Waals surface area contributed by atoms with Crippen molar-refractivity contribution in [1.29, 1.82) is 0 Å². The maximum atomic E-state index is 3.29. The zero-order chi connectivity index (χ0) is 6.10. The first-order chi connectivity index (χ1) is 4.47. The van der Waals surface area contributed by atoms with Crippen molar-refractivity contribution in [1.82, 2.24) is 5.32 Å². The maximum absolute atomic E-state index is 3.29. The molecule has 1 aromatic rings. The third kappa shape index (κ3) is 1.91. The van der Waals surface area contributed by atoms with Crippen molar-refractivity contribution < 1.29 is 4.70 Å². The molecule has 0 fully saturated rings. The molecule has 0 aliphatic carbocycles. The predicted molar refractivity (Wildman–Crippen MR) is 46.7 cm³/mol. The Balaban J connectivity index is 0.000000500. The van der Waals surface area contributed by atoms with E-state index in [-0.39, 0.29) is 17.1 Å². The molecule has 62 valence electrons. The summed E-state index contributed by atoms with van der Waals surface area (Å²) in [6, 6.07) is 8.53. The molecule has 0 aromatic heterocycles. The molecule has 3 heteroatoms. The summed E-state index contributed by atoms with van der Waals surface area (Å²) in [6.45, 7) is 2.10. The Morgan fingerprint density at radius 1 is 1.00 bits per heavy atom. The van der Waals surface area contributed by atoms with E-state index in [0.717, 1.165) is 13.1 Å². The highest BCUT2D eigenvalue weighted by molar-refractivity contribution is 5.85. The number of nitrogens with one attached hydrogen (secondary N) is 1. The van der Waals surface area contributed by atoms with Crippen LogP contribution in [0.3, 0.4) is 0 Å². The van der Waals surface area contributed by atoms with Crippen molar-refractivity contribution in [2.75, 3.05) is 0 Å². The van der Waals surface area contributed by atoms with Gasteiger partial charge in [0.15, 0.2) is 0 Å². The van der Waals surface area contributed by atoms with Gasteiger partial charge in [-0.2, -0.15) is 0 Å². The molecule has 1 aromatic carbocycles. The minimum Gasteiger partial charge on any atom is -0.309 e. The minimum absolute atomic E-state index is 0. The highest BCUT2D eigenvalue weighted by Crippen LogP contribution is 2.12. The normalized spacial score (nSPS) is 12.7. The van der Waals surface area contributed by atoms with Gasteiger partial charge < -0.3 is 5.32 Å². The number of benzene rings is 1. The number of hydrogen-bond donors (Lipinski definition) is 1. The Labute approximate surface area is 71.6 Å². The summed E-state index contributed by atoms with van der Waals surface area (Å²) < 4.78 is 0. The lowest BCUT2D eigenvalue weighted by Crippen LogP contribution is -1.99. The standard InChI is InChI=1S/C8H9N.ClH.FH/c1-2-4-8-6-9-5-7(8)3-1;;/h1-4,9H,5-6H2;2*1H. The van der Waals surface area contributed by atoms with Crippen molar-refractivity contribution in [3.8, 4) is 0 Å². The van der Waals surface area contributed by atoms with Crippen LogP contribution < -0.4 is 5.32 Å². The van der Waals surface area contributed by atoms with Crippen molar-refractivity contribution in [2.45, 2.75) is 13.1 Å². The first kappa shape index (κ1) is 10.4. The molecule has 0 bridgehead atoms. The number of fused-ring (bicyclic) bond motifs is 1. The number of rotatable bonds is 0. The monoisotopic (exact) mass is 175 g/mol. The summed E-state index contributed by atoms with van der Waals surface area (Å²) in [6.07, 6.45) is 0. The van der Waals surface area contributed by atoms with Crippen molar-refractivity contribution in [2.24, 2.45) is 0 Å². The molecule has 1 aliphatic heterocycles. The van der Waals surface area contributed by atoms with E-state index < -0.39 is 0 Å². The molecule has 0 unspecified atom stereocenters. The summed E-state index contributed by atoms with van der Waals surface area (Å²) in [5.74, 6) is 0. The van der Waals surface area contributed by atoms with Gasteiger partial charge in [0, 0.05) is 13.1 Å². The van der Waals surface area contributed by atoms with E-state index >= 15 is 0 Å². The first-order valence-electron chi connectivity index (χ1n) is 3.24. The van der Waals surface area contributed by atoms with Gasteiger partial charge in [0.2, 0.25) is 0 Å². The van der Waals surface area contributed by atoms with Crippen molar-refractivity contribution in [3.05, 3.63) is 35.4 Å². The highest BCUT2D eigenvalue weighted by Gasteiger charge is 2.06. The quantitative estimate of drug-likeness (QED) is 0.635. The van der Waals surface area contributed by atoms with E-state index in [1.165, 1.54) is 11.1 Å². The largest absolute Gasteiger partial charge is 0.309 e. The van der Waals surface area contributed by atoms with Crippen LogP contribution in [-0.2, 0) is 13.1 Å². The lowest BCUT2D eigenvalue weighted by atomic mass is 10.1. The van der Waals surface area contributed by atoms with Gasteiger partial charge >= 0.3 is 0 Å². The third-order valence-corrected chi connectivity index (χ3v) is 1.75. The Bertz CT molecular complexity index is 204. The molecule has 1 N–H and O–H groups in total. The predicted octanol–water partition coefficient (Wildman–Crippen LogP) is 1.86. The van der Waals surface area contributed by atoms with E-state index in [1.54, 1.807) is 0 Å². The van der Waals surface area contributed by atoms with Crippen LogP contribution in [0.1, 0.15) is 11.1 Å². The SMILES string of the molecule is Cl.F.c1ccc2c(c1)CNC2. The fraction of sp³-hybridized carbons (Fsp3) is 0.250. The second-order valence-electron chi connectivity index (χ2n) is 2.37. The fourth-order valence-electron chi connectivity index (χ4n) is 1.23. The molecule has 2 rings (SSSR count). The summed E-state index contributed by atoms with van der Waals surface area (Å²) in [5.41, 5.74) is 2.91. The zero-order valence-corrected chi connectivity index (χ0v) is 6.86. The van der Waals surface area contributed by atoms with Crippen LogP contribution in [0.2, 0.25) is 0 Å². The first-order valence-corrected chi connectivity index (χ1v) is 3.24.